The van der Waals surface area contributed by atoms with E-state index in [2.05, 4.69) is 10.0 Å². The van der Waals surface area contributed by atoms with E-state index in [9.17, 15) is 13.2 Å². The number of nitrogens with one attached hydrogen (secondary N) is 2. The summed E-state index contributed by atoms with van der Waals surface area (Å²) >= 11 is 11.9. The quantitative estimate of drug-likeness (QED) is 0.705. The molecule has 2 aromatic carbocycles. The molecule has 0 heterocycles. The molecule has 0 aliphatic rings. The van der Waals surface area contributed by atoms with Crippen molar-refractivity contribution in [2.24, 2.45) is 0 Å². The van der Waals surface area contributed by atoms with Gasteiger partial charge in [-0.3, -0.25) is 4.79 Å². The normalized spacial score (nSPS) is 12.5. The van der Waals surface area contributed by atoms with Crippen molar-refractivity contribution in [1.29, 1.82) is 0 Å². The van der Waals surface area contributed by atoms with E-state index in [0.717, 1.165) is 0 Å². The topological polar surface area (TPSA) is 84.5 Å². The highest BCUT2D eigenvalue weighted by molar-refractivity contribution is 7.89. The van der Waals surface area contributed by atoms with E-state index >= 15 is 0 Å². The Hall–Kier alpha value is -1.80. The zero-order valence-corrected chi connectivity index (χ0v) is 17.4. The first kappa shape index (κ1) is 21.5. The molecule has 0 aliphatic carbocycles. The summed E-state index contributed by atoms with van der Waals surface area (Å²) in [6.07, 6.45) is 0. The lowest BCUT2D eigenvalue weighted by Crippen LogP contribution is -2.44. The third-order valence-corrected chi connectivity index (χ3v) is 6.00. The van der Waals surface area contributed by atoms with Crippen molar-refractivity contribution in [3.63, 3.8) is 0 Å². The number of carbonyl (C=O) groups excluding carboxylic acids is 1. The highest BCUT2D eigenvalue weighted by atomic mass is 35.5. The van der Waals surface area contributed by atoms with Gasteiger partial charge in [0, 0.05) is 16.6 Å². The molecule has 2 aromatic rings. The number of halogens is 2. The lowest BCUT2D eigenvalue weighted by Gasteiger charge is -2.15. The summed E-state index contributed by atoms with van der Waals surface area (Å²) in [6.45, 7) is 3.36. The molecule has 0 unspecified atom stereocenters. The molecule has 0 spiro atoms. The summed E-state index contributed by atoms with van der Waals surface area (Å²) < 4.78 is 32.5. The number of amides is 1. The Labute approximate surface area is 168 Å². The van der Waals surface area contributed by atoms with E-state index in [-0.39, 0.29) is 11.4 Å². The van der Waals surface area contributed by atoms with Gasteiger partial charge in [0.25, 0.3) is 0 Å². The Morgan fingerprint density at radius 2 is 1.89 bits per heavy atom. The molecule has 6 nitrogen and oxygen atoms in total. The van der Waals surface area contributed by atoms with Gasteiger partial charge in [-0.1, -0.05) is 29.3 Å². The van der Waals surface area contributed by atoms with Crippen LogP contribution in [0.3, 0.4) is 0 Å². The molecule has 27 heavy (non-hydrogen) atoms. The highest BCUT2D eigenvalue weighted by Crippen LogP contribution is 2.22. The number of carbonyl (C=O) groups is 1. The number of hydrogen-bond acceptors (Lipinski definition) is 4. The van der Waals surface area contributed by atoms with Crippen LogP contribution in [0.5, 0.6) is 5.75 Å². The molecule has 146 valence electrons. The third-order valence-electron chi connectivity index (χ3n) is 3.87. The fourth-order valence-corrected chi connectivity index (χ4v) is 4.14. The number of ether oxygens (including phenoxy) is 1. The summed E-state index contributed by atoms with van der Waals surface area (Å²) in [5, 5.41) is 3.56. The molecule has 1 amide bonds. The SMILES string of the molecule is COc1ccc(S(=O)(=O)N[C@@H](C)C(=O)NCc2ccc(Cl)cc2Cl)cc1C. The standard InChI is InChI=1S/C18H20Cl2N2O4S/c1-11-8-15(6-7-17(11)26-3)27(24,25)22-12(2)18(23)21-10-13-4-5-14(19)9-16(13)20/h4-9,12,22H,10H2,1-3H3,(H,21,23)/t12-/m0/s1. The number of hydrogen-bond donors (Lipinski definition) is 2. The van der Waals surface area contributed by atoms with Gasteiger partial charge in [-0.25, -0.2) is 8.42 Å². The van der Waals surface area contributed by atoms with Crippen molar-refractivity contribution in [2.75, 3.05) is 7.11 Å². The molecule has 0 fully saturated rings. The third kappa shape index (κ3) is 5.59. The van der Waals surface area contributed by atoms with Crippen LogP contribution in [0.15, 0.2) is 41.3 Å². The largest absolute Gasteiger partial charge is 0.496 e. The van der Waals surface area contributed by atoms with E-state index in [1.807, 2.05) is 0 Å². The van der Waals surface area contributed by atoms with Crippen LogP contribution in [-0.2, 0) is 21.4 Å². The van der Waals surface area contributed by atoms with E-state index in [0.29, 0.717) is 26.9 Å². The summed E-state index contributed by atoms with van der Waals surface area (Å²) in [4.78, 5) is 12.3. The van der Waals surface area contributed by atoms with Gasteiger partial charge in [-0.05, 0) is 55.3 Å². The Morgan fingerprint density at radius 1 is 1.19 bits per heavy atom. The van der Waals surface area contributed by atoms with Crippen LogP contribution in [-0.4, -0.2) is 27.5 Å². The molecule has 0 aliphatic heterocycles. The van der Waals surface area contributed by atoms with Crippen molar-refractivity contribution in [2.45, 2.75) is 31.3 Å². The van der Waals surface area contributed by atoms with Gasteiger partial charge in [0.2, 0.25) is 15.9 Å². The lowest BCUT2D eigenvalue weighted by molar-refractivity contribution is -0.122. The summed E-state index contributed by atoms with van der Waals surface area (Å²) in [5.41, 5.74) is 1.35. The fourth-order valence-electron chi connectivity index (χ4n) is 2.37. The minimum absolute atomic E-state index is 0.0567. The van der Waals surface area contributed by atoms with Crippen LogP contribution in [0.1, 0.15) is 18.1 Å². The minimum atomic E-state index is -3.86. The van der Waals surface area contributed by atoms with Crippen LogP contribution in [0, 0.1) is 6.92 Å². The van der Waals surface area contributed by atoms with Crippen LogP contribution >= 0.6 is 23.2 Å². The second-order valence-electron chi connectivity index (χ2n) is 5.93. The predicted molar refractivity (Wildman–Crippen MR) is 106 cm³/mol. The minimum Gasteiger partial charge on any atom is -0.496 e. The van der Waals surface area contributed by atoms with Gasteiger partial charge in [-0.15, -0.1) is 0 Å². The average molecular weight is 431 g/mol. The summed E-state index contributed by atoms with van der Waals surface area (Å²) in [7, 11) is -2.35. The number of methoxy groups -OCH3 is 1. The lowest BCUT2D eigenvalue weighted by atomic mass is 10.2. The average Bonchev–Trinajstić information content (AvgIpc) is 2.60. The second kappa shape index (κ2) is 8.93. The second-order valence-corrected chi connectivity index (χ2v) is 8.49. The van der Waals surface area contributed by atoms with Gasteiger partial charge in [0.15, 0.2) is 0 Å². The van der Waals surface area contributed by atoms with Crippen molar-refractivity contribution in [1.82, 2.24) is 10.0 Å². The van der Waals surface area contributed by atoms with Gasteiger partial charge in [0.05, 0.1) is 18.0 Å². The van der Waals surface area contributed by atoms with Crippen molar-refractivity contribution in [3.8, 4) is 5.75 Å². The van der Waals surface area contributed by atoms with E-state index in [1.54, 1.807) is 31.2 Å². The zero-order valence-electron chi connectivity index (χ0n) is 15.0. The molecule has 0 bridgehead atoms. The maximum Gasteiger partial charge on any atom is 0.241 e. The van der Waals surface area contributed by atoms with Crippen LogP contribution in [0.4, 0.5) is 0 Å². The highest BCUT2D eigenvalue weighted by Gasteiger charge is 2.22. The first-order valence-electron chi connectivity index (χ1n) is 8.02. The number of benzene rings is 2. The Bertz CT molecular complexity index is 948. The Morgan fingerprint density at radius 3 is 2.48 bits per heavy atom. The summed E-state index contributed by atoms with van der Waals surface area (Å²) in [6, 6.07) is 8.43. The Balaban J connectivity index is 2.03. The maximum absolute atomic E-state index is 12.5. The molecule has 0 aromatic heterocycles. The molecule has 0 saturated heterocycles. The molecular formula is C18H20Cl2N2O4S. The summed E-state index contributed by atoms with van der Waals surface area (Å²) in [5.74, 6) is 0.106. The van der Waals surface area contributed by atoms with Gasteiger partial charge < -0.3 is 10.1 Å². The van der Waals surface area contributed by atoms with E-state index < -0.39 is 22.0 Å². The fraction of sp³-hybridized carbons (Fsp3) is 0.278. The maximum atomic E-state index is 12.5. The number of sulfonamides is 1. The Kier molecular flexibility index (Phi) is 7.11. The van der Waals surface area contributed by atoms with Gasteiger partial charge in [-0.2, -0.15) is 4.72 Å². The molecule has 0 radical (unpaired) electrons. The van der Waals surface area contributed by atoms with E-state index in [1.165, 1.54) is 26.2 Å². The molecule has 2 rings (SSSR count). The van der Waals surface area contributed by atoms with Gasteiger partial charge in [0.1, 0.15) is 5.75 Å². The number of aryl methyl sites for hydroxylation is 1. The van der Waals surface area contributed by atoms with Gasteiger partial charge >= 0.3 is 0 Å². The zero-order chi connectivity index (χ0) is 20.2. The van der Waals surface area contributed by atoms with E-state index in [4.69, 9.17) is 27.9 Å². The van der Waals surface area contributed by atoms with Crippen LogP contribution in [0.25, 0.3) is 0 Å². The van der Waals surface area contributed by atoms with Crippen molar-refractivity contribution >= 4 is 39.1 Å². The smallest absolute Gasteiger partial charge is 0.241 e. The molecular weight excluding hydrogens is 411 g/mol. The number of rotatable bonds is 7. The monoisotopic (exact) mass is 430 g/mol. The van der Waals surface area contributed by atoms with Crippen LogP contribution in [0.2, 0.25) is 10.0 Å². The molecule has 0 saturated carbocycles. The molecule has 1 atom stereocenters. The van der Waals surface area contributed by atoms with Crippen LogP contribution < -0.4 is 14.8 Å². The van der Waals surface area contributed by atoms with Crippen molar-refractivity contribution < 1.29 is 17.9 Å². The van der Waals surface area contributed by atoms with Crippen molar-refractivity contribution in [3.05, 3.63) is 57.6 Å². The molecule has 9 heteroatoms. The molecule has 2 N–H and O–H groups in total. The first-order chi connectivity index (χ1) is 12.6. The predicted octanol–water partition coefficient (Wildman–Crippen LogP) is 3.29. The first-order valence-corrected chi connectivity index (χ1v) is 10.3.